The van der Waals surface area contributed by atoms with Crippen LogP contribution < -0.4 is 0 Å². The van der Waals surface area contributed by atoms with Gasteiger partial charge in [-0.05, 0) is 25.7 Å². The van der Waals surface area contributed by atoms with Gasteiger partial charge in [0.25, 0.3) is 0 Å². The molecule has 2 rings (SSSR count). The van der Waals surface area contributed by atoms with E-state index >= 15 is 0 Å². The SMILES string of the molecule is CC(C)N1CC(C2CCCCC2)C1. The van der Waals surface area contributed by atoms with Gasteiger partial charge in [-0.2, -0.15) is 0 Å². The summed E-state index contributed by atoms with van der Waals surface area (Å²) in [6.07, 6.45) is 7.55. The van der Waals surface area contributed by atoms with Crippen molar-refractivity contribution in [1.29, 1.82) is 0 Å². The van der Waals surface area contributed by atoms with Crippen LogP contribution in [0.15, 0.2) is 0 Å². The zero-order chi connectivity index (χ0) is 9.26. The highest BCUT2D eigenvalue weighted by Crippen LogP contribution is 2.35. The van der Waals surface area contributed by atoms with Crippen LogP contribution >= 0.6 is 0 Å². The van der Waals surface area contributed by atoms with Crippen LogP contribution in [0, 0.1) is 11.8 Å². The Morgan fingerprint density at radius 2 is 1.54 bits per heavy atom. The van der Waals surface area contributed by atoms with Gasteiger partial charge in [-0.1, -0.05) is 32.1 Å². The normalized spacial score (nSPS) is 27.9. The molecule has 1 heteroatoms. The van der Waals surface area contributed by atoms with Crippen molar-refractivity contribution in [3.05, 3.63) is 0 Å². The number of hydrogen-bond acceptors (Lipinski definition) is 1. The van der Waals surface area contributed by atoms with Crippen molar-refractivity contribution in [3.63, 3.8) is 0 Å². The van der Waals surface area contributed by atoms with Gasteiger partial charge < -0.3 is 4.90 Å². The first-order valence-corrected chi connectivity index (χ1v) is 6.01. The fraction of sp³-hybridized carbons (Fsp3) is 1.00. The minimum Gasteiger partial charge on any atom is -0.300 e. The van der Waals surface area contributed by atoms with Crippen LogP contribution in [0.5, 0.6) is 0 Å². The van der Waals surface area contributed by atoms with E-state index in [2.05, 4.69) is 18.7 Å². The molecular weight excluding hydrogens is 158 g/mol. The third-order valence-corrected chi connectivity index (χ3v) is 3.98. The van der Waals surface area contributed by atoms with Crippen molar-refractivity contribution < 1.29 is 0 Å². The van der Waals surface area contributed by atoms with Crippen LogP contribution in [-0.4, -0.2) is 24.0 Å². The lowest BCUT2D eigenvalue weighted by atomic mass is 9.76. The molecule has 0 aromatic carbocycles. The second-order valence-corrected chi connectivity index (χ2v) is 5.21. The summed E-state index contributed by atoms with van der Waals surface area (Å²) < 4.78 is 0. The summed E-state index contributed by atoms with van der Waals surface area (Å²) in [5, 5.41) is 0. The van der Waals surface area contributed by atoms with Crippen LogP contribution in [0.2, 0.25) is 0 Å². The molecule has 0 atom stereocenters. The summed E-state index contributed by atoms with van der Waals surface area (Å²) >= 11 is 0. The van der Waals surface area contributed by atoms with E-state index in [1.54, 1.807) is 0 Å². The highest BCUT2D eigenvalue weighted by Gasteiger charge is 2.34. The molecule has 13 heavy (non-hydrogen) atoms. The first-order chi connectivity index (χ1) is 6.27. The Bertz CT molecular complexity index is 153. The third-order valence-electron chi connectivity index (χ3n) is 3.98. The minimum atomic E-state index is 0.778. The lowest BCUT2D eigenvalue weighted by molar-refractivity contribution is 0.0196. The van der Waals surface area contributed by atoms with E-state index in [-0.39, 0.29) is 0 Å². The maximum absolute atomic E-state index is 2.61. The van der Waals surface area contributed by atoms with E-state index in [4.69, 9.17) is 0 Å². The van der Waals surface area contributed by atoms with E-state index in [0.29, 0.717) is 0 Å². The van der Waals surface area contributed by atoms with E-state index in [9.17, 15) is 0 Å². The first kappa shape index (κ1) is 9.51. The van der Waals surface area contributed by atoms with Gasteiger partial charge in [0, 0.05) is 19.1 Å². The van der Waals surface area contributed by atoms with E-state index in [1.165, 1.54) is 45.2 Å². The molecule has 0 radical (unpaired) electrons. The van der Waals surface area contributed by atoms with Gasteiger partial charge in [-0.25, -0.2) is 0 Å². The van der Waals surface area contributed by atoms with Crippen molar-refractivity contribution in [1.82, 2.24) is 4.90 Å². The summed E-state index contributed by atoms with van der Waals surface area (Å²) in [4.78, 5) is 2.61. The molecule has 0 bridgehead atoms. The molecule has 1 nitrogen and oxygen atoms in total. The van der Waals surface area contributed by atoms with Gasteiger partial charge >= 0.3 is 0 Å². The monoisotopic (exact) mass is 181 g/mol. The molecule has 1 heterocycles. The van der Waals surface area contributed by atoms with Crippen molar-refractivity contribution in [2.24, 2.45) is 11.8 Å². The fourth-order valence-electron chi connectivity index (χ4n) is 2.87. The lowest BCUT2D eigenvalue weighted by Crippen LogP contribution is -2.53. The van der Waals surface area contributed by atoms with Crippen LogP contribution in [0.3, 0.4) is 0 Å². The summed E-state index contributed by atoms with van der Waals surface area (Å²) in [5.41, 5.74) is 0. The van der Waals surface area contributed by atoms with E-state index in [0.717, 1.165) is 17.9 Å². The predicted molar refractivity (Wildman–Crippen MR) is 56.8 cm³/mol. The molecule has 0 unspecified atom stereocenters. The largest absolute Gasteiger partial charge is 0.300 e. The Morgan fingerprint density at radius 1 is 0.923 bits per heavy atom. The van der Waals surface area contributed by atoms with Crippen LogP contribution in [0.4, 0.5) is 0 Å². The Hall–Kier alpha value is -0.0400. The smallest absolute Gasteiger partial charge is 0.00388 e. The molecule has 2 fully saturated rings. The second kappa shape index (κ2) is 4.00. The van der Waals surface area contributed by atoms with Gasteiger partial charge in [0.05, 0.1) is 0 Å². The highest BCUT2D eigenvalue weighted by atomic mass is 15.2. The van der Waals surface area contributed by atoms with Crippen LogP contribution in [0.25, 0.3) is 0 Å². The lowest BCUT2D eigenvalue weighted by Gasteiger charge is -2.46. The molecule has 0 aromatic rings. The Kier molecular flexibility index (Phi) is 2.92. The summed E-state index contributed by atoms with van der Waals surface area (Å²) in [6, 6.07) is 0.778. The maximum atomic E-state index is 2.61. The molecule has 0 amide bonds. The number of rotatable bonds is 2. The first-order valence-electron chi connectivity index (χ1n) is 6.01. The topological polar surface area (TPSA) is 3.24 Å². The molecule has 0 aromatic heterocycles. The Morgan fingerprint density at radius 3 is 2.08 bits per heavy atom. The van der Waals surface area contributed by atoms with Gasteiger partial charge in [0.15, 0.2) is 0 Å². The molecule has 1 aliphatic heterocycles. The predicted octanol–water partition coefficient (Wildman–Crippen LogP) is 2.91. The van der Waals surface area contributed by atoms with E-state index < -0.39 is 0 Å². The molecule has 1 aliphatic carbocycles. The minimum absolute atomic E-state index is 0.778. The average Bonchev–Trinajstić information content (AvgIpc) is 2.02. The highest BCUT2D eigenvalue weighted by molar-refractivity contribution is 4.87. The Balaban J connectivity index is 1.72. The van der Waals surface area contributed by atoms with Crippen molar-refractivity contribution in [3.8, 4) is 0 Å². The van der Waals surface area contributed by atoms with Gasteiger partial charge in [0.1, 0.15) is 0 Å². The third kappa shape index (κ3) is 2.07. The summed E-state index contributed by atoms with van der Waals surface area (Å²) in [5.74, 6) is 2.14. The van der Waals surface area contributed by atoms with Gasteiger partial charge in [-0.3, -0.25) is 0 Å². The van der Waals surface area contributed by atoms with Gasteiger partial charge in [-0.15, -0.1) is 0 Å². The molecule has 76 valence electrons. The van der Waals surface area contributed by atoms with Crippen molar-refractivity contribution in [2.45, 2.75) is 52.0 Å². The maximum Gasteiger partial charge on any atom is 0.00388 e. The summed E-state index contributed by atoms with van der Waals surface area (Å²) in [7, 11) is 0. The van der Waals surface area contributed by atoms with E-state index in [1.807, 2.05) is 0 Å². The number of likely N-dealkylation sites (tertiary alicyclic amines) is 1. The standard InChI is InChI=1S/C12H23N/c1-10(2)13-8-12(9-13)11-6-4-3-5-7-11/h10-12H,3-9H2,1-2H3. The zero-order valence-electron chi connectivity index (χ0n) is 9.13. The molecule has 0 spiro atoms. The van der Waals surface area contributed by atoms with Crippen molar-refractivity contribution in [2.75, 3.05) is 13.1 Å². The van der Waals surface area contributed by atoms with Crippen molar-refractivity contribution >= 4 is 0 Å². The number of nitrogens with zero attached hydrogens (tertiary/aromatic N) is 1. The van der Waals surface area contributed by atoms with Crippen LogP contribution in [-0.2, 0) is 0 Å². The van der Waals surface area contributed by atoms with Crippen LogP contribution in [0.1, 0.15) is 46.0 Å². The fourth-order valence-corrected chi connectivity index (χ4v) is 2.87. The molecule has 2 aliphatic rings. The number of hydrogen-bond donors (Lipinski definition) is 0. The zero-order valence-corrected chi connectivity index (χ0v) is 9.13. The van der Waals surface area contributed by atoms with Gasteiger partial charge in [0.2, 0.25) is 0 Å². The quantitative estimate of drug-likeness (QED) is 0.633. The molecular formula is C12H23N. The Labute approximate surface area is 82.5 Å². The molecule has 1 saturated carbocycles. The summed E-state index contributed by atoms with van der Waals surface area (Å²) in [6.45, 7) is 7.42. The second-order valence-electron chi connectivity index (χ2n) is 5.21. The molecule has 0 N–H and O–H groups in total. The average molecular weight is 181 g/mol. The molecule has 1 saturated heterocycles.